The number of aliphatic carboxylic acids is 1. The van der Waals surface area contributed by atoms with Gasteiger partial charge in [0, 0.05) is 20.2 Å². The highest BCUT2D eigenvalue weighted by Gasteiger charge is 2.15. The van der Waals surface area contributed by atoms with Crippen LogP contribution in [0.4, 0.5) is 4.79 Å². The second-order valence-corrected chi connectivity index (χ2v) is 5.03. The Kier molecular flexibility index (Phi) is 7.25. The van der Waals surface area contributed by atoms with Crippen LogP contribution in [0.1, 0.15) is 38.5 Å². The molecule has 0 aromatic rings. The first-order valence-electron chi connectivity index (χ1n) is 6.88. The van der Waals surface area contributed by atoms with Crippen LogP contribution in [0.25, 0.3) is 0 Å². The summed E-state index contributed by atoms with van der Waals surface area (Å²) in [6, 6.07) is -0.259. The third kappa shape index (κ3) is 7.00. The fourth-order valence-corrected chi connectivity index (χ4v) is 2.39. The van der Waals surface area contributed by atoms with Gasteiger partial charge < -0.3 is 20.5 Å². The molecule has 6 nitrogen and oxygen atoms in total. The highest BCUT2D eigenvalue weighted by Crippen LogP contribution is 2.26. The van der Waals surface area contributed by atoms with Crippen LogP contribution in [0.15, 0.2) is 0 Å². The van der Waals surface area contributed by atoms with Crippen LogP contribution in [0.5, 0.6) is 0 Å². The third-order valence-corrected chi connectivity index (χ3v) is 3.54. The average molecular weight is 272 g/mol. The second-order valence-electron chi connectivity index (χ2n) is 5.03. The summed E-state index contributed by atoms with van der Waals surface area (Å²) in [5.74, 6) is -0.186. The first-order valence-corrected chi connectivity index (χ1v) is 6.88. The lowest BCUT2D eigenvalue weighted by atomic mass is 10.0. The number of hydrogen-bond acceptors (Lipinski definition) is 3. The van der Waals surface area contributed by atoms with Crippen molar-refractivity contribution in [2.45, 2.75) is 44.6 Å². The van der Waals surface area contributed by atoms with E-state index in [0.717, 1.165) is 12.3 Å². The minimum atomic E-state index is -0.935. The molecule has 1 fully saturated rings. The maximum Gasteiger partial charge on any atom is 0.314 e. The van der Waals surface area contributed by atoms with Gasteiger partial charge in [-0.2, -0.15) is 0 Å². The van der Waals surface area contributed by atoms with Gasteiger partial charge >= 0.3 is 12.0 Å². The predicted molar refractivity (Wildman–Crippen MR) is 71.0 cm³/mol. The quantitative estimate of drug-likeness (QED) is 0.622. The zero-order valence-corrected chi connectivity index (χ0v) is 11.5. The number of urea groups is 1. The van der Waals surface area contributed by atoms with Crippen LogP contribution in [0.3, 0.4) is 0 Å². The molecule has 0 bridgehead atoms. The lowest BCUT2D eigenvalue weighted by molar-refractivity contribution is -0.139. The van der Waals surface area contributed by atoms with Gasteiger partial charge in [0.2, 0.25) is 0 Å². The van der Waals surface area contributed by atoms with Crippen LogP contribution in [-0.2, 0) is 9.53 Å². The number of nitrogens with one attached hydrogen (secondary N) is 2. The molecule has 0 aromatic heterocycles. The molecule has 110 valence electrons. The van der Waals surface area contributed by atoms with E-state index in [1.165, 1.54) is 32.8 Å². The van der Waals surface area contributed by atoms with Crippen molar-refractivity contribution < 1.29 is 19.4 Å². The van der Waals surface area contributed by atoms with Crippen molar-refractivity contribution in [3.8, 4) is 0 Å². The monoisotopic (exact) mass is 272 g/mol. The van der Waals surface area contributed by atoms with Crippen molar-refractivity contribution in [1.29, 1.82) is 0 Å². The van der Waals surface area contributed by atoms with Crippen molar-refractivity contribution in [2.75, 3.05) is 20.2 Å². The van der Waals surface area contributed by atoms with Crippen LogP contribution in [-0.4, -0.2) is 43.4 Å². The molecule has 0 spiro atoms. The molecule has 1 rings (SSSR count). The van der Waals surface area contributed by atoms with E-state index < -0.39 is 12.1 Å². The van der Waals surface area contributed by atoms with Gasteiger partial charge in [-0.25, -0.2) is 4.79 Å². The van der Waals surface area contributed by atoms with Gasteiger partial charge in [-0.3, -0.25) is 4.79 Å². The minimum absolute atomic E-state index is 0.112. The fraction of sp³-hybridized carbons (Fsp3) is 0.846. The number of carbonyl (C=O) groups is 2. The number of carboxylic acids is 1. The number of amides is 2. The summed E-state index contributed by atoms with van der Waals surface area (Å²) < 4.78 is 4.97. The predicted octanol–water partition coefficient (Wildman–Crippen LogP) is 1.36. The molecule has 0 aliphatic heterocycles. The Hall–Kier alpha value is -1.30. The van der Waals surface area contributed by atoms with Gasteiger partial charge in [0.1, 0.15) is 0 Å². The number of methoxy groups -OCH3 is 1. The smallest absolute Gasteiger partial charge is 0.314 e. The Morgan fingerprint density at radius 2 is 2.00 bits per heavy atom. The van der Waals surface area contributed by atoms with Crippen LogP contribution >= 0.6 is 0 Å². The maximum absolute atomic E-state index is 11.5. The summed E-state index contributed by atoms with van der Waals surface area (Å²) in [7, 11) is 1.44. The van der Waals surface area contributed by atoms with Gasteiger partial charge in [-0.15, -0.1) is 0 Å². The fourth-order valence-electron chi connectivity index (χ4n) is 2.39. The number of hydrogen-bond donors (Lipinski definition) is 3. The Labute approximate surface area is 113 Å². The summed E-state index contributed by atoms with van der Waals surface area (Å²) in [4.78, 5) is 22.0. The van der Waals surface area contributed by atoms with Gasteiger partial charge in [0.25, 0.3) is 0 Å². The van der Waals surface area contributed by atoms with E-state index in [4.69, 9.17) is 9.84 Å². The average Bonchev–Trinajstić information content (AvgIpc) is 2.87. The Balaban J connectivity index is 2.07. The molecule has 6 heteroatoms. The van der Waals surface area contributed by atoms with Crippen molar-refractivity contribution >= 4 is 12.0 Å². The van der Waals surface area contributed by atoms with E-state index in [9.17, 15) is 9.59 Å². The molecule has 0 aromatic carbocycles. The van der Waals surface area contributed by atoms with E-state index in [1.807, 2.05) is 0 Å². The normalized spacial score (nSPS) is 17.1. The minimum Gasteiger partial charge on any atom is -0.481 e. The Bertz CT molecular complexity index is 290. The van der Waals surface area contributed by atoms with Crippen molar-refractivity contribution in [2.24, 2.45) is 5.92 Å². The number of rotatable bonds is 8. The number of carbonyl (C=O) groups excluding carboxylic acids is 1. The summed E-state index contributed by atoms with van der Waals surface area (Å²) in [6.07, 6.45) is 5.58. The largest absolute Gasteiger partial charge is 0.481 e. The summed E-state index contributed by atoms with van der Waals surface area (Å²) in [5.41, 5.74) is 0. The van der Waals surface area contributed by atoms with E-state index >= 15 is 0 Å². The van der Waals surface area contributed by atoms with Crippen LogP contribution < -0.4 is 10.6 Å². The first kappa shape index (κ1) is 15.8. The topological polar surface area (TPSA) is 87.7 Å². The van der Waals surface area contributed by atoms with Gasteiger partial charge in [-0.05, 0) is 12.3 Å². The van der Waals surface area contributed by atoms with Crippen LogP contribution in [0.2, 0.25) is 0 Å². The molecule has 0 radical (unpaired) electrons. The second kappa shape index (κ2) is 8.74. The Morgan fingerprint density at radius 1 is 1.32 bits per heavy atom. The first-order chi connectivity index (χ1) is 9.11. The molecular weight excluding hydrogens is 248 g/mol. The van der Waals surface area contributed by atoms with Crippen LogP contribution in [0, 0.1) is 5.92 Å². The highest BCUT2D eigenvalue weighted by molar-refractivity contribution is 5.74. The van der Waals surface area contributed by atoms with Crippen molar-refractivity contribution in [1.82, 2.24) is 10.6 Å². The zero-order valence-electron chi connectivity index (χ0n) is 11.5. The lowest BCUT2D eigenvalue weighted by Crippen LogP contribution is -2.41. The zero-order chi connectivity index (χ0) is 14.1. The molecule has 1 saturated carbocycles. The molecule has 1 atom stereocenters. The molecule has 0 saturated heterocycles. The SMILES string of the molecule is COC(CNC(=O)NCCC1CCCC1)CC(=O)O. The summed E-state index contributed by atoms with van der Waals surface area (Å²) >= 11 is 0. The molecule has 2 amide bonds. The molecule has 0 heterocycles. The van der Waals surface area contributed by atoms with Crippen molar-refractivity contribution in [3.05, 3.63) is 0 Å². The number of ether oxygens (including phenoxy) is 1. The lowest BCUT2D eigenvalue weighted by Gasteiger charge is -2.15. The molecule has 1 aliphatic carbocycles. The highest BCUT2D eigenvalue weighted by atomic mass is 16.5. The molecule has 1 unspecified atom stereocenters. The van der Waals surface area contributed by atoms with E-state index in [2.05, 4.69) is 10.6 Å². The van der Waals surface area contributed by atoms with Gasteiger partial charge in [-0.1, -0.05) is 25.7 Å². The molecule has 3 N–H and O–H groups in total. The van der Waals surface area contributed by atoms with E-state index in [-0.39, 0.29) is 19.0 Å². The Morgan fingerprint density at radius 3 is 2.58 bits per heavy atom. The van der Waals surface area contributed by atoms with E-state index in [0.29, 0.717) is 6.54 Å². The molecule has 19 heavy (non-hydrogen) atoms. The summed E-state index contributed by atoms with van der Waals surface area (Å²) in [6.45, 7) is 0.880. The van der Waals surface area contributed by atoms with Gasteiger partial charge in [0.15, 0.2) is 0 Å². The maximum atomic E-state index is 11.5. The van der Waals surface area contributed by atoms with E-state index in [1.54, 1.807) is 0 Å². The summed E-state index contributed by atoms with van der Waals surface area (Å²) in [5, 5.41) is 14.0. The standard InChI is InChI=1S/C13H24N2O4/c1-19-11(8-12(16)17)9-15-13(18)14-7-6-10-4-2-3-5-10/h10-11H,2-9H2,1H3,(H,16,17)(H2,14,15,18). The third-order valence-electron chi connectivity index (χ3n) is 3.54. The molecule has 1 aliphatic rings. The number of carboxylic acid groups (broad SMARTS) is 1. The van der Waals surface area contributed by atoms with Gasteiger partial charge in [0.05, 0.1) is 12.5 Å². The molecular formula is C13H24N2O4. The van der Waals surface area contributed by atoms with Crippen molar-refractivity contribution in [3.63, 3.8) is 0 Å².